The van der Waals surface area contributed by atoms with Gasteiger partial charge in [-0.1, -0.05) is 0 Å². The van der Waals surface area contributed by atoms with Gasteiger partial charge in [0.05, 0.1) is 11.9 Å². The molecule has 1 heterocycles. The zero-order valence-electron chi connectivity index (χ0n) is 8.56. The lowest BCUT2D eigenvalue weighted by atomic mass is 10.4. The second kappa shape index (κ2) is 4.10. The largest absolute Gasteiger partial charge is 0.270 e. The van der Waals surface area contributed by atoms with E-state index in [0.29, 0.717) is 5.56 Å². The Morgan fingerprint density at radius 3 is 2.64 bits per heavy atom. The molecule has 0 fully saturated rings. The average molecular weight is 217 g/mol. The van der Waals surface area contributed by atoms with Crippen molar-refractivity contribution in [2.75, 3.05) is 7.05 Å². The van der Waals surface area contributed by atoms with E-state index in [1.54, 1.807) is 17.1 Å². The van der Waals surface area contributed by atoms with Crippen molar-refractivity contribution in [2.24, 2.45) is 0 Å². The second-order valence-electron chi connectivity index (χ2n) is 3.39. The van der Waals surface area contributed by atoms with Crippen LogP contribution in [0.15, 0.2) is 12.4 Å². The first-order valence-electron chi connectivity index (χ1n) is 4.39. The van der Waals surface area contributed by atoms with Crippen LogP contribution in [0, 0.1) is 0 Å². The number of hydrogen-bond donors (Lipinski definition) is 1. The molecule has 0 atom stereocenters. The van der Waals surface area contributed by atoms with E-state index in [1.807, 2.05) is 13.8 Å². The van der Waals surface area contributed by atoms with Crippen molar-refractivity contribution < 1.29 is 8.42 Å². The highest BCUT2D eigenvalue weighted by Crippen LogP contribution is 2.07. The summed E-state index contributed by atoms with van der Waals surface area (Å²) in [7, 11) is -1.78. The molecule has 1 rings (SSSR count). The zero-order chi connectivity index (χ0) is 10.8. The Morgan fingerprint density at radius 1 is 1.57 bits per heavy atom. The molecule has 0 bridgehead atoms. The third-order valence-electron chi connectivity index (χ3n) is 1.85. The summed E-state index contributed by atoms with van der Waals surface area (Å²) < 4.78 is 26.4. The van der Waals surface area contributed by atoms with Gasteiger partial charge in [0.25, 0.3) is 0 Å². The fraction of sp³-hybridized carbons (Fsp3) is 0.625. The van der Waals surface area contributed by atoms with Crippen molar-refractivity contribution in [2.45, 2.75) is 25.6 Å². The molecule has 0 unspecified atom stereocenters. The quantitative estimate of drug-likeness (QED) is 0.799. The standard InChI is InChI=1S/C8H15N3O2S/c1-7(2)11-5-8(4-10-11)6-14(12,13)9-3/h4-5,7,9H,6H2,1-3H3. The van der Waals surface area contributed by atoms with Gasteiger partial charge < -0.3 is 0 Å². The topological polar surface area (TPSA) is 64.0 Å². The zero-order valence-corrected chi connectivity index (χ0v) is 9.37. The Morgan fingerprint density at radius 2 is 2.21 bits per heavy atom. The summed E-state index contributed by atoms with van der Waals surface area (Å²) in [6.45, 7) is 3.98. The van der Waals surface area contributed by atoms with Gasteiger partial charge in [0.2, 0.25) is 10.0 Å². The molecule has 0 spiro atoms. The van der Waals surface area contributed by atoms with Crippen molar-refractivity contribution in [1.82, 2.24) is 14.5 Å². The molecule has 14 heavy (non-hydrogen) atoms. The Bertz CT molecular complexity index is 394. The molecule has 0 radical (unpaired) electrons. The van der Waals surface area contributed by atoms with E-state index in [-0.39, 0.29) is 11.8 Å². The molecule has 6 heteroatoms. The molecule has 0 aliphatic rings. The fourth-order valence-electron chi connectivity index (χ4n) is 1.03. The number of nitrogens with zero attached hydrogens (tertiary/aromatic N) is 2. The van der Waals surface area contributed by atoms with Gasteiger partial charge in [0.15, 0.2) is 0 Å². The van der Waals surface area contributed by atoms with Gasteiger partial charge in [-0.25, -0.2) is 13.1 Å². The van der Waals surface area contributed by atoms with Crippen LogP contribution in [0.4, 0.5) is 0 Å². The van der Waals surface area contributed by atoms with Crippen LogP contribution in [0.5, 0.6) is 0 Å². The van der Waals surface area contributed by atoms with E-state index in [9.17, 15) is 8.42 Å². The Balaban J connectivity index is 2.79. The lowest BCUT2D eigenvalue weighted by Crippen LogP contribution is -2.20. The molecular formula is C8H15N3O2S. The molecule has 0 saturated carbocycles. The van der Waals surface area contributed by atoms with Crippen molar-refractivity contribution in [3.63, 3.8) is 0 Å². The highest BCUT2D eigenvalue weighted by Gasteiger charge is 2.10. The lowest BCUT2D eigenvalue weighted by Gasteiger charge is -2.03. The Hall–Kier alpha value is -0.880. The first kappa shape index (κ1) is 11.2. The number of rotatable bonds is 4. The molecule has 1 aromatic rings. The summed E-state index contributed by atoms with van der Waals surface area (Å²) in [5.41, 5.74) is 0.702. The van der Waals surface area contributed by atoms with Crippen LogP contribution in [-0.2, 0) is 15.8 Å². The van der Waals surface area contributed by atoms with Crippen LogP contribution in [0.3, 0.4) is 0 Å². The van der Waals surface area contributed by atoms with E-state index in [4.69, 9.17) is 0 Å². The Labute approximate surface area is 84.2 Å². The summed E-state index contributed by atoms with van der Waals surface area (Å²) in [5, 5.41) is 4.06. The maximum absolute atomic E-state index is 11.2. The maximum atomic E-state index is 11.2. The fourth-order valence-corrected chi connectivity index (χ4v) is 1.76. The molecule has 1 N–H and O–H groups in total. The van der Waals surface area contributed by atoms with Crippen LogP contribution in [0.1, 0.15) is 25.5 Å². The normalized spacial score (nSPS) is 12.3. The average Bonchev–Trinajstić information content (AvgIpc) is 2.52. The van der Waals surface area contributed by atoms with E-state index in [2.05, 4.69) is 9.82 Å². The van der Waals surface area contributed by atoms with Crippen LogP contribution in [0.2, 0.25) is 0 Å². The smallest absolute Gasteiger partial charge is 0.215 e. The minimum absolute atomic E-state index is 0.0176. The monoisotopic (exact) mass is 217 g/mol. The number of aromatic nitrogens is 2. The van der Waals surface area contributed by atoms with Gasteiger partial charge in [-0.05, 0) is 20.9 Å². The van der Waals surface area contributed by atoms with Gasteiger partial charge in [0.1, 0.15) is 0 Å². The van der Waals surface area contributed by atoms with Crippen LogP contribution >= 0.6 is 0 Å². The Kier molecular flexibility index (Phi) is 3.28. The van der Waals surface area contributed by atoms with Crippen LogP contribution in [0.25, 0.3) is 0 Å². The van der Waals surface area contributed by atoms with E-state index in [1.165, 1.54) is 7.05 Å². The molecule has 0 aliphatic carbocycles. The summed E-state index contributed by atoms with van der Waals surface area (Å²) in [6, 6.07) is 0.251. The third kappa shape index (κ3) is 2.81. The highest BCUT2D eigenvalue weighted by atomic mass is 32.2. The SMILES string of the molecule is CNS(=O)(=O)Cc1cnn(C(C)C)c1. The van der Waals surface area contributed by atoms with Gasteiger partial charge in [-0.3, -0.25) is 4.68 Å². The summed E-state index contributed by atoms with van der Waals surface area (Å²) in [6.07, 6.45) is 3.33. The minimum atomic E-state index is -3.19. The first-order chi connectivity index (χ1) is 6.44. The summed E-state index contributed by atoms with van der Waals surface area (Å²) >= 11 is 0. The minimum Gasteiger partial charge on any atom is -0.270 e. The predicted octanol–water partition coefficient (Wildman–Crippen LogP) is 0.513. The molecule has 0 aromatic carbocycles. The molecule has 0 saturated heterocycles. The second-order valence-corrected chi connectivity index (χ2v) is 5.31. The van der Waals surface area contributed by atoms with Gasteiger partial charge in [-0.15, -0.1) is 0 Å². The molecule has 1 aromatic heterocycles. The van der Waals surface area contributed by atoms with Gasteiger partial charge >= 0.3 is 0 Å². The molecule has 0 amide bonds. The first-order valence-corrected chi connectivity index (χ1v) is 6.04. The van der Waals surface area contributed by atoms with E-state index < -0.39 is 10.0 Å². The van der Waals surface area contributed by atoms with Gasteiger partial charge in [-0.2, -0.15) is 5.10 Å². The van der Waals surface area contributed by atoms with Crippen molar-refractivity contribution >= 4 is 10.0 Å². The van der Waals surface area contributed by atoms with Crippen molar-refractivity contribution in [1.29, 1.82) is 0 Å². The molecular weight excluding hydrogens is 202 g/mol. The van der Waals surface area contributed by atoms with E-state index in [0.717, 1.165) is 0 Å². The number of hydrogen-bond acceptors (Lipinski definition) is 3. The van der Waals surface area contributed by atoms with E-state index >= 15 is 0 Å². The number of sulfonamides is 1. The number of nitrogens with one attached hydrogen (secondary N) is 1. The van der Waals surface area contributed by atoms with Crippen LogP contribution < -0.4 is 4.72 Å². The van der Waals surface area contributed by atoms with Crippen LogP contribution in [-0.4, -0.2) is 25.2 Å². The molecule has 5 nitrogen and oxygen atoms in total. The van der Waals surface area contributed by atoms with Crippen molar-refractivity contribution in [3.05, 3.63) is 18.0 Å². The predicted molar refractivity (Wildman–Crippen MR) is 54.3 cm³/mol. The van der Waals surface area contributed by atoms with Crippen molar-refractivity contribution in [3.8, 4) is 0 Å². The summed E-state index contributed by atoms with van der Waals surface area (Å²) in [4.78, 5) is 0. The van der Waals surface area contributed by atoms with Gasteiger partial charge in [0, 0.05) is 17.8 Å². The maximum Gasteiger partial charge on any atom is 0.215 e. The lowest BCUT2D eigenvalue weighted by molar-refractivity contribution is 0.532. The molecule has 0 aliphatic heterocycles. The third-order valence-corrected chi connectivity index (χ3v) is 3.19. The molecule has 80 valence electrons. The summed E-state index contributed by atoms with van der Waals surface area (Å²) in [5.74, 6) is -0.0176. The highest BCUT2D eigenvalue weighted by molar-refractivity contribution is 7.88.